The van der Waals surface area contributed by atoms with Gasteiger partial charge in [0.2, 0.25) is 5.95 Å². The van der Waals surface area contributed by atoms with Crippen LogP contribution in [0.4, 0.5) is 27.4 Å². The van der Waals surface area contributed by atoms with E-state index in [1.807, 2.05) is 30.5 Å². The topological polar surface area (TPSA) is 99.9 Å². The highest BCUT2D eigenvalue weighted by molar-refractivity contribution is 6.04. The van der Waals surface area contributed by atoms with Gasteiger partial charge in [0.25, 0.3) is 5.91 Å². The molecule has 37 heavy (non-hydrogen) atoms. The summed E-state index contributed by atoms with van der Waals surface area (Å²) in [6.07, 6.45) is 5.27. The van der Waals surface area contributed by atoms with Crippen LogP contribution < -0.4 is 20.3 Å². The van der Waals surface area contributed by atoms with Crippen LogP contribution >= 0.6 is 0 Å². The number of ether oxygens (including phenoxy) is 1. The van der Waals surface area contributed by atoms with Gasteiger partial charge >= 0.3 is 0 Å². The monoisotopic (exact) mass is 502 g/mol. The number of nitrogens with zero attached hydrogens (tertiary/aromatic N) is 6. The average Bonchev–Trinajstić information content (AvgIpc) is 3.34. The van der Waals surface area contributed by atoms with Crippen molar-refractivity contribution in [3.63, 3.8) is 0 Å². The van der Waals surface area contributed by atoms with Crippen LogP contribution in [0.3, 0.4) is 0 Å². The second-order valence-electron chi connectivity index (χ2n) is 8.70. The van der Waals surface area contributed by atoms with Crippen LogP contribution in [0, 0.1) is 0 Å². The second-order valence-corrected chi connectivity index (χ2v) is 8.70. The van der Waals surface area contributed by atoms with Crippen LogP contribution in [0.15, 0.2) is 67.4 Å². The third-order valence-corrected chi connectivity index (χ3v) is 6.26. The fourth-order valence-electron chi connectivity index (χ4n) is 4.26. The number of methoxy groups -OCH3 is 1. The van der Waals surface area contributed by atoms with Crippen LogP contribution in [0.2, 0.25) is 0 Å². The Balaban J connectivity index is 1.50. The van der Waals surface area contributed by atoms with E-state index in [1.54, 1.807) is 36.2 Å². The molecule has 0 unspecified atom stereocenters. The summed E-state index contributed by atoms with van der Waals surface area (Å²) in [6, 6.07) is 11.1. The van der Waals surface area contributed by atoms with E-state index in [1.165, 1.54) is 0 Å². The Morgan fingerprint density at radius 3 is 2.70 bits per heavy atom. The number of carbonyl (C=O) groups is 1. The molecule has 0 radical (unpaired) electrons. The molecule has 2 N–H and O–H groups in total. The Hall–Kier alpha value is -4.51. The lowest BCUT2D eigenvalue weighted by Gasteiger charge is -2.35. The van der Waals surface area contributed by atoms with Gasteiger partial charge in [-0.05, 0) is 31.3 Å². The van der Waals surface area contributed by atoms with E-state index >= 15 is 0 Å². The number of pyridine rings is 1. The number of hydrogen-bond acceptors (Lipinski definition) is 8. The zero-order chi connectivity index (χ0) is 25.9. The summed E-state index contributed by atoms with van der Waals surface area (Å²) < 4.78 is 21.0. The van der Waals surface area contributed by atoms with E-state index in [9.17, 15) is 9.18 Å². The molecule has 1 saturated heterocycles. The number of amides is 1. The molecule has 0 saturated carbocycles. The van der Waals surface area contributed by atoms with Crippen LogP contribution in [-0.4, -0.2) is 70.7 Å². The van der Waals surface area contributed by atoms with E-state index in [0.717, 1.165) is 42.9 Å². The van der Waals surface area contributed by atoms with Crippen molar-refractivity contribution >= 4 is 34.4 Å². The molecule has 11 heteroatoms. The SMILES string of the molecule is C=C(F)C(=O)Nc1cc(Nc2nccc(-c3cnn4ccccc34)n2)c(OC)cc1N1CCN(C)CC1. The number of halogens is 1. The van der Waals surface area contributed by atoms with Gasteiger partial charge in [-0.1, -0.05) is 12.6 Å². The zero-order valence-electron chi connectivity index (χ0n) is 20.6. The van der Waals surface area contributed by atoms with Crippen LogP contribution in [0.1, 0.15) is 0 Å². The smallest absolute Gasteiger partial charge is 0.283 e. The molecule has 1 amide bonds. The summed E-state index contributed by atoms with van der Waals surface area (Å²) in [4.78, 5) is 25.6. The van der Waals surface area contributed by atoms with E-state index < -0.39 is 11.7 Å². The van der Waals surface area contributed by atoms with Gasteiger partial charge in [0.15, 0.2) is 5.83 Å². The van der Waals surface area contributed by atoms with Crippen molar-refractivity contribution in [1.82, 2.24) is 24.5 Å². The third-order valence-electron chi connectivity index (χ3n) is 6.26. The van der Waals surface area contributed by atoms with Crippen LogP contribution in [0.5, 0.6) is 5.75 Å². The molecule has 0 aliphatic carbocycles. The van der Waals surface area contributed by atoms with Gasteiger partial charge in [0.1, 0.15) is 5.75 Å². The summed E-state index contributed by atoms with van der Waals surface area (Å²) in [5.41, 5.74) is 4.13. The quantitative estimate of drug-likeness (QED) is 0.369. The predicted octanol–water partition coefficient (Wildman–Crippen LogP) is 3.72. The van der Waals surface area contributed by atoms with Gasteiger partial charge in [-0.15, -0.1) is 0 Å². The Labute approximate surface area is 213 Å². The van der Waals surface area contributed by atoms with Crippen molar-refractivity contribution < 1.29 is 13.9 Å². The molecule has 1 fully saturated rings. The first-order chi connectivity index (χ1) is 17.9. The van der Waals surface area contributed by atoms with Crippen molar-refractivity contribution in [2.24, 2.45) is 0 Å². The minimum Gasteiger partial charge on any atom is -0.494 e. The van der Waals surface area contributed by atoms with Crippen LogP contribution in [0.25, 0.3) is 16.8 Å². The van der Waals surface area contributed by atoms with Crippen molar-refractivity contribution in [1.29, 1.82) is 0 Å². The number of hydrogen-bond donors (Lipinski definition) is 2. The summed E-state index contributed by atoms with van der Waals surface area (Å²) in [6.45, 7) is 6.32. The number of anilines is 4. The van der Waals surface area contributed by atoms with Crippen molar-refractivity contribution in [2.75, 3.05) is 55.9 Å². The Morgan fingerprint density at radius 1 is 1.14 bits per heavy atom. The largest absolute Gasteiger partial charge is 0.494 e. The number of likely N-dealkylation sites (N-methyl/N-ethyl adjacent to an activating group) is 1. The highest BCUT2D eigenvalue weighted by Crippen LogP contribution is 2.39. The first kappa shape index (κ1) is 24.2. The minimum atomic E-state index is -1.07. The van der Waals surface area contributed by atoms with E-state index in [-0.39, 0.29) is 0 Å². The van der Waals surface area contributed by atoms with Gasteiger partial charge < -0.3 is 25.2 Å². The molecule has 0 bridgehead atoms. The summed E-state index contributed by atoms with van der Waals surface area (Å²) in [7, 11) is 3.62. The summed E-state index contributed by atoms with van der Waals surface area (Å²) in [5.74, 6) is -1.13. The first-order valence-corrected chi connectivity index (χ1v) is 11.8. The molecular weight excluding hydrogens is 475 g/mol. The lowest BCUT2D eigenvalue weighted by molar-refractivity contribution is -0.114. The van der Waals surface area contributed by atoms with E-state index in [2.05, 4.69) is 49.1 Å². The fraction of sp³-hybridized carbons (Fsp3) is 0.231. The van der Waals surface area contributed by atoms with E-state index in [4.69, 9.17) is 4.74 Å². The molecule has 0 spiro atoms. The lowest BCUT2D eigenvalue weighted by atomic mass is 10.1. The molecule has 1 aliphatic rings. The highest BCUT2D eigenvalue weighted by Gasteiger charge is 2.22. The normalized spacial score (nSPS) is 14.0. The molecule has 4 heterocycles. The number of piperazine rings is 1. The van der Waals surface area contributed by atoms with Gasteiger partial charge in [-0.2, -0.15) is 5.10 Å². The Morgan fingerprint density at radius 2 is 1.95 bits per heavy atom. The fourth-order valence-corrected chi connectivity index (χ4v) is 4.26. The average molecular weight is 503 g/mol. The maximum atomic E-state index is 13.6. The summed E-state index contributed by atoms with van der Waals surface area (Å²) in [5, 5.41) is 10.2. The van der Waals surface area contributed by atoms with Gasteiger partial charge in [0, 0.05) is 50.2 Å². The molecule has 3 aromatic heterocycles. The minimum absolute atomic E-state index is 0.325. The van der Waals surface area contributed by atoms with Crippen molar-refractivity contribution in [2.45, 2.75) is 0 Å². The third kappa shape index (κ3) is 5.07. The lowest BCUT2D eigenvalue weighted by Crippen LogP contribution is -2.44. The molecule has 1 aromatic carbocycles. The number of nitrogens with one attached hydrogen (secondary N) is 2. The van der Waals surface area contributed by atoms with Crippen molar-refractivity contribution in [3.05, 3.63) is 67.4 Å². The highest BCUT2D eigenvalue weighted by atomic mass is 19.1. The van der Waals surface area contributed by atoms with Gasteiger partial charge in [-0.25, -0.2) is 18.9 Å². The molecule has 0 atom stereocenters. The molecule has 1 aliphatic heterocycles. The number of fused-ring (bicyclic) bond motifs is 1. The molecule has 4 aromatic rings. The molecular formula is C26H27FN8O2. The second kappa shape index (κ2) is 10.2. The predicted molar refractivity (Wildman–Crippen MR) is 141 cm³/mol. The molecule has 5 rings (SSSR count). The Kier molecular flexibility index (Phi) is 6.69. The van der Waals surface area contributed by atoms with Gasteiger partial charge in [-0.3, -0.25) is 4.79 Å². The maximum Gasteiger partial charge on any atom is 0.283 e. The number of carbonyl (C=O) groups excluding carboxylic acids is 1. The van der Waals surface area contributed by atoms with E-state index in [0.29, 0.717) is 28.8 Å². The number of benzene rings is 1. The molecule has 10 nitrogen and oxygen atoms in total. The zero-order valence-corrected chi connectivity index (χ0v) is 20.6. The maximum absolute atomic E-state index is 13.6. The van der Waals surface area contributed by atoms with Crippen LogP contribution in [-0.2, 0) is 4.79 Å². The van der Waals surface area contributed by atoms with Gasteiger partial charge in [0.05, 0.1) is 41.6 Å². The molecule has 190 valence electrons. The van der Waals surface area contributed by atoms with Crippen molar-refractivity contribution in [3.8, 4) is 17.0 Å². The summed E-state index contributed by atoms with van der Waals surface area (Å²) >= 11 is 0. The Bertz CT molecular complexity index is 1460. The number of aromatic nitrogens is 4. The number of rotatable bonds is 7. The standard InChI is InChI=1S/C26H27FN8O2/c1-17(27)25(36)30-20-14-21(24(37-3)15-23(20)34-12-10-33(2)11-13-34)32-26-28-8-7-19(31-26)18-16-29-35-9-5-4-6-22(18)35/h4-9,14-16H,1,10-13H2,2-3H3,(H,30,36)(H,28,31,32). The first-order valence-electron chi connectivity index (χ1n) is 11.8.